The van der Waals surface area contributed by atoms with Crippen molar-refractivity contribution in [2.24, 2.45) is 0 Å². The number of aliphatic carboxylic acids is 2. The van der Waals surface area contributed by atoms with Crippen LogP contribution in [0.2, 0.25) is 0 Å². The van der Waals surface area contributed by atoms with Crippen LogP contribution in [0.25, 0.3) is 0 Å². The van der Waals surface area contributed by atoms with Gasteiger partial charge in [-0.2, -0.15) is 0 Å². The second-order valence-electron chi connectivity index (χ2n) is 7.93. The zero-order valence-corrected chi connectivity index (χ0v) is 23.1. The number of para-hydroxylation sites is 2. The Morgan fingerprint density at radius 1 is 1.03 bits per heavy atom. The quantitative estimate of drug-likeness (QED) is 0.204. The van der Waals surface area contributed by atoms with Crippen LogP contribution in [0.4, 0.5) is 10.1 Å². The van der Waals surface area contributed by atoms with Crippen LogP contribution in [0.5, 0.6) is 11.5 Å². The normalized spacial score (nSPS) is 13.4. The van der Waals surface area contributed by atoms with Crippen LogP contribution < -0.4 is 19.7 Å². The minimum absolute atomic E-state index is 0.0644. The van der Waals surface area contributed by atoms with E-state index in [-0.39, 0.29) is 12.5 Å². The molecule has 1 aliphatic heterocycles. The number of piperazine rings is 1. The van der Waals surface area contributed by atoms with Gasteiger partial charge in [0.15, 0.2) is 0 Å². The lowest BCUT2D eigenvalue weighted by molar-refractivity contribution is -0.159. The highest BCUT2D eigenvalue weighted by Gasteiger charge is 2.18. The third-order valence-electron chi connectivity index (χ3n) is 5.41. The molecule has 2 aromatic carbocycles. The number of amides is 1. The summed E-state index contributed by atoms with van der Waals surface area (Å²) in [6.07, 6.45) is 4.04. The molecule has 0 aromatic heterocycles. The summed E-state index contributed by atoms with van der Waals surface area (Å²) in [7, 11) is 1.70. The molecule has 1 fully saturated rings. The van der Waals surface area contributed by atoms with Crippen LogP contribution >= 0.6 is 22.6 Å². The molecule has 10 nitrogen and oxygen atoms in total. The maximum Gasteiger partial charge on any atom is 0.414 e. The van der Waals surface area contributed by atoms with Gasteiger partial charge in [-0.3, -0.25) is 9.69 Å². The molecule has 0 spiro atoms. The highest BCUT2D eigenvalue weighted by molar-refractivity contribution is 14.1. The van der Waals surface area contributed by atoms with Crippen molar-refractivity contribution in [1.29, 1.82) is 0 Å². The number of carbonyl (C=O) groups is 3. The minimum atomic E-state index is -1.82. The van der Waals surface area contributed by atoms with Gasteiger partial charge in [-0.15, -0.1) is 0 Å². The largest absolute Gasteiger partial charge is 0.495 e. The van der Waals surface area contributed by atoms with E-state index in [0.717, 1.165) is 47.7 Å². The Balaban J connectivity index is 0.000000757. The van der Waals surface area contributed by atoms with Crippen LogP contribution in [0.3, 0.4) is 0 Å². The van der Waals surface area contributed by atoms with Gasteiger partial charge in [0.05, 0.1) is 18.4 Å². The molecule has 2 aromatic rings. The van der Waals surface area contributed by atoms with Crippen LogP contribution in [0.1, 0.15) is 10.4 Å². The highest BCUT2D eigenvalue weighted by atomic mass is 127. The fourth-order valence-electron chi connectivity index (χ4n) is 3.57. The molecule has 1 saturated heterocycles. The third-order valence-corrected chi connectivity index (χ3v) is 6.08. The van der Waals surface area contributed by atoms with Crippen LogP contribution in [-0.4, -0.2) is 92.6 Å². The Morgan fingerprint density at radius 3 is 2.34 bits per heavy atom. The molecule has 0 saturated carbocycles. The summed E-state index contributed by atoms with van der Waals surface area (Å²) in [4.78, 5) is 35.5. The summed E-state index contributed by atoms with van der Waals surface area (Å²) in [6.45, 7) is 4.42. The fraction of sp³-hybridized carbons (Fsp3) is 0.346. The van der Waals surface area contributed by atoms with Gasteiger partial charge in [0, 0.05) is 42.8 Å². The monoisotopic (exact) mass is 643 g/mol. The molecule has 0 atom stereocenters. The first-order valence-electron chi connectivity index (χ1n) is 11.7. The number of benzene rings is 2. The Bertz CT molecular complexity index is 1100. The fourth-order valence-corrected chi connectivity index (χ4v) is 4.06. The Kier molecular flexibility index (Phi) is 13.3. The van der Waals surface area contributed by atoms with E-state index in [2.05, 4.69) is 49.8 Å². The number of nitrogens with one attached hydrogen (secondary N) is 1. The van der Waals surface area contributed by atoms with Gasteiger partial charge in [0.1, 0.15) is 24.8 Å². The number of methoxy groups -OCH3 is 1. The molecule has 12 heteroatoms. The molecule has 0 aliphatic carbocycles. The summed E-state index contributed by atoms with van der Waals surface area (Å²) < 4.78 is 24.2. The van der Waals surface area contributed by atoms with Crippen LogP contribution in [0, 0.1) is 3.57 Å². The zero-order valence-electron chi connectivity index (χ0n) is 20.9. The highest BCUT2D eigenvalue weighted by Crippen LogP contribution is 2.28. The molecular formula is C26H31FIN3O7. The Hall–Kier alpha value is -3.39. The summed E-state index contributed by atoms with van der Waals surface area (Å²) in [5.74, 6) is -2.57. The number of anilines is 1. The molecule has 0 unspecified atom stereocenters. The molecule has 38 heavy (non-hydrogen) atoms. The van der Waals surface area contributed by atoms with Crippen molar-refractivity contribution in [3.8, 4) is 11.5 Å². The number of nitrogens with zero attached hydrogens (tertiary/aromatic N) is 2. The number of carboxylic acid groups (broad SMARTS) is 2. The second kappa shape index (κ2) is 16.5. The molecule has 3 rings (SSSR count). The first-order valence-corrected chi connectivity index (χ1v) is 12.8. The maximum atomic E-state index is 12.5. The smallest absolute Gasteiger partial charge is 0.414 e. The average molecular weight is 643 g/mol. The number of carbonyl (C=O) groups excluding carboxylic acids is 1. The van der Waals surface area contributed by atoms with E-state index in [4.69, 9.17) is 29.3 Å². The molecule has 1 amide bonds. The van der Waals surface area contributed by atoms with E-state index < -0.39 is 18.6 Å². The first-order chi connectivity index (χ1) is 18.3. The van der Waals surface area contributed by atoms with E-state index in [1.807, 2.05) is 30.3 Å². The number of hydrogen-bond acceptors (Lipinski definition) is 7. The van der Waals surface area contributed by atoms with Crippen molar-refractivity contribution in [3.05, 3.63) is 63.8 Å². The van der Waals surface area contributed by atoms with Gasteiger partial charge in [0.25, 0.3) is 5.91 Å². The molecule has 0 radical (unpaired) electrons. The standard InChI is InChI=1S/C24H29FIN3O3.C2H2O4/c1-31-23-7-3-2-6-21(23)29-15-13-28(14-16-29)12-5-4-11-27-24(30)20-18-19(26)8-9-22(20)32-17-10-25;3-1(4)2(5)6/h2-9,18H,10-17H2,1H3,(H,27,30);(H,3,4)(H,5,6)/b5-4+;. The number of rotatable bonds is 10. The first kappa shape index (κ1) is 30.8. The lowest BCUT2D eigenvalue weighted by Crippen LogP contribution is -2.46. The maximum absolute atomic E-state index is 12.5. The predicted molar refractivity (Wildman–Crippen MR) is 149 cm³/mol. The lowest BCUT2D eigenvalue weighted by Gasteiger charge is -2.36. The summed E-state index contributed by atoms with van der Waals surface area (Å²) in [5, 5.41) is 17.7. The molecule has 1 aliphatic rings. The van der Waals surface area contributed by atoms with E-state index >= 15 is 0 Å². The van der Waals surface area contributed by atoms with Crippen molar-refractivity contribution in [2.45, 2.75) is 0 Å². The van der Waals surface area contributed by atoms with Crippen molar-refractivity contribution in [2.75, 3.05) is 64.6 Å². The SMILES string of the molecule is COc1ccccc1N1CCN(C/C=C/CNC(=O)c2cc(I)ccc2OCCF)CC1.O=C(O)C(=O)O. The molecule has 1 heterocycles. The van der Waals surface area contributed by atoms with Gasteiger partial charge in [-0.1, -0.05) is 24.3 Å². The van der Waals surface area contributed by atoms with E-state index in [1.165, 1.54) is 0 Å². The van der Waals surface area contributed by atoms with Crippen molar-refractivity contribution in [1.82, 2.24) is 10.2 Å². The molecule has 206 valence electrons. The van der Waals surface area contributed by atoms with E-state index in [0.29, 0.717) is 17.9 Å². The Morgan fingerprint density at radius 2 is 1.71 bits per heavy atom. The average Bonchev–Trinajstić information content (AvgIpc) is 2.92. The van der Waals surface area contributed by atoms with E-state index in [1.54, 1.807) is 19.2 Å². The summed E-state index contributed by atoms with van der Waals surface area (Å²) >= 11 is 2.14. The number of hydrogen-bond donors (Lipinski definition) is 3. The van der Waals surface area contributed by atoms with Gasteiger partial charge >= 0.3 is 11.9 Å². The van der Waals surface area contributed by atoms with Crippen LogP contribution in [-0.2, 0) is 9.59 Å². The molecular weight excluding hydrogens is 612 g/mol. The molecule has 3 N–H and O–H groups in total. The molecule has 0 bridgehead atoms. The number of halogens is 2. The van der Waals surface area contributed by atoms with Crippen LogP contribution in [0.15, 0.2) is 54.6 Å². The second-order valence-corrected chi connectivity index (χ2v) is 9.17. The predicted octanol–water partition coefficient (Wildman–Crippen LogP) is 2.91. The van der Waals surface area contributed by atoms with Gasteiger partial charge in [-0.25, -0.2) is 14.0 Å². The Labute approximate surface area is 234 Å². The van der Waals surface area contributed by atoms with Gasteiger partial charge in [0.2, 0.25) is 0 Å². The summed E-state index contributed by atoms with van der Waals surface area (Å²) in [6, 6.07) is 13.4. The lowest BCUT2D eigenvalue weighted by atomic mass is 10.2. The third kappa shape index (κ3) is 10.2. The minimum Gasteiger partial charge on any atom is -0.495 e. The zero-order chi connectivity index (χ0) is 27.9. The number of alkyl halides is 1. The number of carboxylic acids is 2. The van der Waals surface area contributed by atoms with Crippen molar-refractivity contribution in [3.63, 3.8) is 0 Å². The number of ether oxygens (including phenoxy) is 2. The summed E-state index contributed by atoms with van der Waals surface area (Å²) in [5.41, 5.74) is 1.56. The van der Waals surface area contributed by atoms with Crippen molar-refractivity contribution >= 4 is 46.1 Å². The topological polar surface area (TPSA) is 129 Å². The van der Waals surface area contributed by atoms with E-state index in [9.17, 15) is 9.18 Å². The van der Waals surface area contributed by atoms with Gasteiger partial charge < -0.3 is 29.9 Å². The van der Waals surface area contributed by atoms with Crippen molar-refractivity contribution < 1.29 is 38.5 Å². The van der Waals surface area contributed by atoms with Gasteiger partial charge in [-0.05, 0) is 52.9 Å².